The first-order chi connectivity index (χ1) is 15.7. The molecule has 1 aromatic heterocycles. The first-order valence-electron chi connectivity index (χ1n) is 11.8. The van der Waals surface area contributed by atoms with Gasteiger partial charge in [0.15, 0.2) is 0 Å². The van der Waals surface area contributed by atoms with Gasteiger partial charge in [0.05, 0.1) is 19.3 Å². The van der Waals surface area contributed by atoms with Crippen LogP contribution in [0.2, 0.25) is 0 Å². The molecule has 1 N–H and O–H groups in total. The number of ether oxygens (including phenoxy) is 1. The van der Waals surface area contributed by atoms with Crippen molar-refractivity contribution in [1.82, 2.24) is 24.9 Å². The van der Waals surface area contributed by atoms with Gasteiger partial charge in [-0.1, -0.05) is 18.2 Å². The molecule has 0 saturated heterocycles. The van der Waals surface area contributed by atoms with Gasteiger partial charge in [-0.3, -0.25) is 9.48 Å². The molecule has 0 aliphatic carbocycles. The van der Waals surface area contributed by atoms with Gasteiger partial charge in [-0.25, -0.2) is 4.79 Å². The minimum atomic E-state index is -0.567. The molecule has 3 rings (SSSR count). The second-order valence-corrected chi connectivity index (χ2v) is 9.60. The van der Waals surface area contributed by atoms with E-state index in [1.54, 1.807) is 9.80 Å². The lowest BCUT2D eigenvalue weighted by Crippen LogP contribution is -2.37. The molecule has 2 heterocycles. The summed E-state index contributed by atoms with van der Waals surface area (Å²) >= 11 is 0. The van der Waals surface area contributed by atoms with Crippen molar-refractivity contribution in [3.05, 3.63) is 53.3 Å². The molecule has 8 heteroatoms. The number of nitrogens with one attached hydrogen (secondary N) is 1. The SMILES string of the molecule is CN1CCCNCCn2cc(cn2)CN(C(=O)OC(C)(C)C)CCCc2ccccc2C1=O. The van der Waals surface area contributed by atoms with Gasteiger partial charge in [0, 0.05) is 44.0 Å². The van der Waals surface area contributed by atoms with Crippen LogP contribution in [-0.2, 0) is 24.2 Å². The van der Waals surface area contributed by atoms with Crippen LogP contribution in [-0.4, -0.2) is 70.4 Å². The second kappa shape index (κ2) is 11.3. The third kappa shape index (κ3) is 7.60. The van der Waals surface area contributed by atoms with E-state index in [-0.39, 0.29) is 12.0 Å². The summed E-state index contributed by atoms with van der Waals surface area (Å²) in [5.41, 5.74) is 2.15. The van der Waals surface area contributed by atoms with Gasteiger partial charge in [-0.15, -0.1) is 0 Å². The Hall–Kier alpha value is -2.87. The molecular formula is C25H37N5O3. The summed E-state index contributed by atoms with van der Waals surface area (Å²) in [4.78, 5) is 29.5. The molecule has 1 aromatic carbocycles. The van der Waals surface area contributed by atoms with Crippen LogP contribution in [0.5, 0.6) is 0 Å². The van der Waals surface area contributed by atoms with E-state index in [1.807, 2.05) is 69.2 Å². The minimum Gasteiger partial charge on any atom is -0.444 e. The highest BCUT2D eigenvalue weighted by Gasteiger charge is 2.23. The highest BCUT2D eigenvalue weighted by molar-refractivity contribution is 5.95. The van der Waals surface area contributed by atoms with Crippen molar-refractivity contribution in [2.75, 3.05) is 33.2 Å². The number of fused-ring (bicyclic) bond motifs is 3. The fourth-order valence-electron chi connectivity index (χ4n) is 3.87. The maximum atomic E-state index is 13.0. The Kier molecular flexibility index (Phi) is 8.49. The minimum absolute atomic E-state index is 0.0402. The first kappa shape index (κ1) is 24.8. The predicted molar refractivity (Wildman–Crippen MR) is 128 cm³/mol. The standard InChI is InChI=1S/C25H37N5O3/c1-25(2,3)33-24(32)29-15-7-10-21-9-5-6-11-22(21)23(31)28(4)14-8-12-26-13-16-30-19-20(18-29)17-27-30/h5-6,9,11,17,19,26H,7-8,10,12-16,18H2,1-4H3. The van der Waals surface area contributed by atoms with Crippen molar-refractivity contribution in [3.63, 3.8) is 0 Å². The lowest BCUT2D eigenvalue weighted by atomic mass is 10.0. The molecule has 1 aliphatic heterocycles. The van der Waals surface area contributed by atoms with Gasteiger partial charge in [-0.2, -0.15) is 5.10 Å². The van der Waals surface area contributed by atoms with E-state index in [1.165, 1.54) is 0 Å². The number of carbonyl (C=O) groups is 2. The number of aryl methyl sites for hydroxylation is 1. The van der Waals surface area contributed by atoms with Crippen LogP contribution in [0.3, 0.4) is 0 Å². The summed E-state index contributed by atoms with van der Waals surface area (Å²) in [5, 5.41) is 7.85. The Morgan fingerprint density at radius 1 is 1.09 bits per heavy atom. The summed E-state index contributed by atoms with van der Waals surface area (Å²) < 4.78 is 7.54. The fraction of sp³-hybridized carbons (Fsp3) is 0.560. The third-order valence-electron chi connectivity index (χ3n) is 5.55. The molecule has 1 aliphatic rings. The van der Waals surface area contributed by atoms with Crippen molar-refractivity contribution in [2.24, 2.45) is 0 Å². The maximum Gasteiger partial charge on any atom is 0.410 e. The average molecular weight is 456 g/mol. The zero-order valence-electron chi connectivity index (χ0n) is 20.3. The van der Waals surface area contributed by atoms with Crippen LogP contribution in [0.1, 0.15) is 55.1 Å². The molecule has 33 heavy (non-hydrogen) atoms. The highest BCUT2D eigenvalue weighted by atomic mass is 16.6. The van der Waals surface area contributed by atoms with Crippen molar-refractivity contribution < 1.29 is 14.3 Å². The molecule has 0 spiro atoms. The Bertz CT molecular complexity index is 934. The van der Waals surface area contributed by atoms with Crippen LogP contribution in [0, 0.1) is 0 Å². The molecule has 180 valence electrons. The van der Waals surface area contributed by atoms with Crippen molar-refractivity contribution >= 4 is 12.0 Å². The lowest BCUT2D eigenvalue weighted by molar-refractivity contribution is 0.0231. The largest absolute Gasteiger partial charge is 0.444 e. The lowest BCUT2D eigenvalue weighted by Gasteiger charge is -2.27. The fourth-order valence-corrected chi connectivity index (χ4v) is 3.87. The smallest absolute Gasteiger partial charge is 0.410 e. The number of hydrogen-bond acceptors (Lipinski definition) is 5. The van der Waals surface area contributed by atoms with E-state index in [0.717, 1.165) is 49.2 Å². The number of rotatable bonds is 0. The summed E-state index contributed by atoms with van der Waals surface area (Å²) in [6.45, 7) is 9.64. The molecule has 0 atom stereocenters. The predicted octanol–water partition coefficient (Wildman–Crippen LogP) is 3.32. The third-order valence-corrected chi connectivity index (χ3v) is 5.55. The van der Waals surface area contributed by atoms with E-state index in [9.17, 15) is 9.59 Å². The number of carbonyl (C=O) groups excluding carboxylic acids is 2. The van der Waals surface area contributed by atoms with Gasteiger partial charge < -0.3 is 19.9 Å². The van der Waals surface area contributed by atoms with E-state index < -0.39 is 5.60 Å². The van der Waals surface area contributed by atoms with Crippen LogP contribution in [0.15, 0.2) is 36.7 Å². The Labute approximate surface area is 196 Å². The monoisotopic (exact) mass is 455 g/mol. The van der Waals surface area contributed by atoms with Gasteiger partial charge in [0.2, 0.25) is 0 Å². The number of nitrogens with zero attached hydrogens (tertiary/aromatic N) is 4. The zero-order valence-corrected chi connectivity index (χ0v) is 20.3. The summed E-state index contributed by atoms with van der Waals surface area (Å²) in [7, 11) is 1.85. The molecule has 0 fully saturated rings. The highest BCUT2D eigenvalue weighted by Crippen LogP contribution is 2.17. The molecule has 2 bridgehead atoms. The van der Waals surface area contributed by atoms with Crippen molar-refractivity contribution in [3.8, 4) is 0 Å². The zero-order chi connectivity index (χ0) is 23.8. The van der Waals surface area contributed by atoms with Crippen LogP contribution < -0.4 is 5.32 Å². The molecule has 0 unspecified atom stereocenters. The molecule has 8 nitrogen and oxygen atoms in total. The Morgan fingerprint density at radius 3 is 2.67 bits per heavy atom. The molecule has 2 aromatic rings. The normalized spacial score (nSPS) is 17.2. The quantitative estimate of drug-likeness (QED) is 0.659. The topological polar surface area (TPSA) is 79.7 Å². The van der Waals surface area contributed by atoms with Crippen molar-refractivity contribution in [2.45, 2.75) is 58.7 Å². The summed E-state index contributed by atoms with van der Waals surface area (Å²) in [5.74, 6) is 0.0402. The van der Waals surface area contributed by atoms with Crippen LogP contribution in [0.25, 0.3) is 0 Å². The van der Waals surface area contributed by atoms with Gasteiger partial charge in [0.1, 0.15) is 5.60 Å². The van der Waals surface area contributed by atoms with Gasteiger partial charge in [0.25, 0.3) is 5.91 Å². The average Bonchev–Trinajstić information content (AvgIpc) is 3.20. The second-order valence-electron chi connectivity index (χ2n) is 9.60. The number of aromatic nitrogens is 2. The van der Waals surface area contributed by atoms with Gasteiger partial charge in [-0.05, 0) is 58.2 Å². The van der Waals surface area contributed by atoms with Crippen LogP contribution >= 0.6 is 0 Å². The Balaban J connectivity index is 1.80. The van der Waals surface area contributed by atoms with E-state index >= 15 is 0 Å². The van der Waals surface area contributed by atoms with Crippen LogP contribution in [0.4, 0.5) is 4.79 Å². The van der Waals surface area contributed by atoms with Gasteiger partial charge >= 0.3 is 6.09 Å². The Morgan fingerprint density at radius 2 is 1.88 bits per heavy atom. The molecule has 0 radical (unpaired) electrons. The number of amides is 2. The molecule has 0 saturated carbocycles. The number of benzene rings is 1. The summed E-state index contributed by atoms with van der Waals surface area (Å²) in [6, 6.07) is 7.76. The van der Waals surface area contributed by atoms with Crippen molar-refractivity contribution in [1.29, 1.82) is 0 Å². The van der Waals surface area contributed by atoms with E-state index in [2.05, 4.69) is 10.4 Å². The first-order valence-corrected chi connectivity index (χ1v) is 11.8. The molecular weight excluding hydrogens is 418 g/mol. The number of hydrogen-bond donors (Lipinski definition) is 1. The maximum absolute atomic E-state index is 13.0. The van der Waals surface area contributed by atoms with E-state index in [0.29, 0.717) is 26.1 Å². The van der Waals surface area contributed by atoms with E-state index in [4.69, 9.17) is 4.74 Å². The molecule has 2 amide bonds. The summed E-state index contributed by atoms with van der Waals surface area (Å²) in [6.07, 6.45) is 5.79.